The summed E-state index contributed by atoms with van der Waals surface area (Å²) in [6, 6.07) is 9.71. The van der Waals surface area contributed by atoms with Gasteiger partial charge in [-0.25, -0.2) is 4.18 Å². The fourth-order valence-corrected chi connectivity index (χ4v) is 4.04. The number of para-hydroxylation sites is 1. The molecule has 166 valence electrons. The Balaban J connectivity index is 1.29. The minimum absolute atomic E-state index is 0.693. The summed E-state index contributed by atoms with van der Waals surface area (Å²) in [6.07, 6.45) is 22.1. The van der Waals surface area contributed by atoms with Gasteiger partial charge in [-0.05, 0) is 18.6 Å². The van der Waals surface area contributed by atoms with Gasteiger partial charge in [0.05, 0.1) is 6.61 Å². The zero-order valence-electron chi connectivity index (χ0n) is 18.5. The molecule has 0 radical (unpaired) electrons. The van der Waals surface area contributed by atoms with Crippen molar-refractivity contribution in [3.8, 4) is 5.75 Å². The predicted octanol–water partition coefficient (Wildman–Crippen LogP) is 8.63. The Bertz CT molecular complexity index is 490. The molecule has 1 fully saturated rings. The molecule has 2 rings (SSSR count). The summed E-state index contributed by atoms with van der Waals surface area (Å²) in [4.78, 5) is 0. The summed E-state index contributed by atoms with van der Waals surface area (Å²) in [5.41, 5.74) is 0. The highest BCUT2D eigenvalue weighted by Gasteiger charge is 2.53. The van der Waals surface area contributed by atoms with E-state index in [4.69, 9.17) is 13.7 Å². The van der Waals surface area contributed by atoms with Gasteiger partial charge in [-0.3, -0.25) is 0 Å². The molecule has 1 aliphatic heterocycles. The fourth-order valence-electron chi connectivity index (χ4n) is 3.63. The highest BCUT2D eigenvalue weighted by molar-refractivity contribution is 8.01. The topological polar surface area (TPSA) is 31.0 Å². The first-order valence-electron chi connectivity index (χ1n) is 12.1. The summed E-state index contributed by atoms with van der Waals surface area (Å²) >= 11 is 1.25. The third-order valence-corrected chi connectivity index (χ3v) is 6.12. The van der Waals surface area contributed by atoms with Crippen LogP contribution in [0, 0.1) is 0 Å². The van der Waals surface area contributed by atoms with Crippen LogP contribution in [0.25, 0.3) is 0 Å². The first-order chi connectivity index (χ1) is 14.3. The van der Waals surface area contributed by atoms with Crippen molar-refractivity contribution in [3.05, 3.63) is 30.3 Å². The largest absolute Gasteiger partial charge is 0.428 e. The van der Waals surface area contributed by atoms with Crippen molar-refractivity contribution >= 4 is 12.0 Å². The second-order valence-corrected chi connectivity index (χ2v) is 9.07. The molecule has 0 amide bonds. The van der Waals surface area contributed by atoms with Crippen LogP contribution >= 0.6 is 12.0 Å². The number of benzene rings is 1. The zero-order valence-corrected chi connectivity index (χ0v) is 19.4. The first kappa shape index (κ1) is 24.6. The van der Waals surface area contributed by atoms with Gasteiger partial charge >= 0.3 is 5.31 Å². The Labute approximate surface area is 183 Å². The average Bonchev–Trinajstić information content (AvgIpc) is 3.50. The van der Waals surface area contributed by atoms with Gasteiger partial charge in [0.15, 0.2) is 0 Å². The molecule has 1 aromatic rings. The van der Waals surface area contributed by atoms with Crippen LogP contribution in [0.2, 0.25) is 0 Å². The van der Waals surface area contributed by atoms with E-state index >= 15 is 0 Å². The number of rotatable bonds is 20. The molecule has 1 aliphatic rings. The van der Waals surface area contributed by atoms with Crippen molar-refractivity contribution in [3.63, 3.8) is 0 Å². The van der Waals surface area contributed by atoms with Crippen LogP contribution in [0.1, 0.15) is 110 Å². The molecule has 0 saturated carbocycles. The number of ether oxygens (including phenoxy) is 2. The number of unbranched alkanes of at least 4 members (excludes halogenated alkanes) is 15. The van der Waals surface area contributed by atoms with E-state index in [2.05, 4.69) is 6.92 Å². The molecule has 0 aliphatic carbocycles. The van der Waals surface area contributed by atoms with Crippen molar-refractivity contribution in [2.75, 3.05) is 6.61 Å². The molecule has 0 spiro atoms. The molecule has 1 atom stereocenters. The summed E-state index contributed by atoms with van der Waals surface area (Å²) in [5.74, 6) is 0.782. The molecular formula is C25H42O3S. The third kappa shape index (κ3) is 12.6. The lowest BCUT2D eigenvalue weighted by molar-refractivity contribution is -0.170. The fraction of sp³-hybridized carbons (Fsp3) is 0.760. The lowest BCUT2D eigenvalue weighted by Crippen LogP contribution is -2.22. The Morgan fingerprint density at radius 2 is 1.14 bits per heavy atom. The molecule has 4 heteroatoms. The van der Waals surface area contributed by atoms with E-state index in [1.807, 2.05) is 30.3 Å². The summed E-state index contributed by atoms with van der Waals surface area (Å²) in [7, 11) is 0. The first-order valence-corrected chi connectivity index (χ1v) is 12.8. The average molecular weight is 423 g/mol. The second-order valence-electron chi connectivity index (χ2n) is 8.23. The van der Waals surface area contributed by atoms with Gasteiger partial charge < -0.3 is 9.47 Å². The predicted molar refractivity (Wildman–Crippen MR) is 124 cm³/mol. The molecule has 1 unspecified atom stereocenters. The highest BCUT2D eigenvalue weighted by Crippen LogP contribution is 2.49. The van der Waals surface area contributed by atoms with E-state index in [9.17, 15) is 0 Å². The molecule has 3 nitrogen and oxygen atoms in total. The number of hydrogen-bond donors (Lipinski definition) is 0. The Hall–Kier alpha value is -0.710. The van der Waals surface area contributed by atoms with Crippen molar-refractivity contribution < 1.29 is 13.7 Å². The summed E-state index contributed by atoms with van der Waals surface area (Å²) in [6.45, 7) is 2.98. The minimum Gasteiger partial charge on any atom is -0.428 e. The zero-order chi connectivity index (χ0) is 20.5. The van der Waals surface area contributed by atoms with Crippen LogP contribution in [0.5, 0.6) is 5.75 Å². The van der Waals surface area contributed by atoms with Gasteiger partial charge in [0.1, 0.15) is 17.8 Å². The van der Waals surface area contributed by atoms with Gasteiger partial charge in [-0.1, -0.05) is 121 Å². The van der Waals surface area contributed by atoms with Crippen molar-refractivity contribution in [1.82, 2.24) is 0 Å². The molecular weight excluding hydrogens is 380 g/mol. The van der Waals surface area contributed by atoms with E-state index in [1.54, 1.807) is 0 Å². The van der Waals surface area contributed by atoms with E-state index in [0.29, 0.717) is 6.61 Å². The van der Waals surface area contributed by atoms with E-state index in [1.165, 1.54) is 108 Å². The number of hydrogen-bond acceptors (Lipinski definition) is 4. The van der Waals surface area contributed by atoms with Crippen molar-refractivity contribution in [1.29, 1.82) is 0 Å². The molecule has 0 N–H and O–H groups in total. The maximum absolute atomic E-state index is 5.78. The van der Waals surface area contributed by atoms with Crippen LogP contribution in [0.3, 0.4) is 0 Å². The smallest absolute Gasteiger partial charge is 0.420 e. The minimum atomic E-state index is -0.892. The maximum Gasteiger partial charge on any atom is 0.420 e. The normalized spacial score (nSPS) is 18.1. The van der Waals surface area contributed by atoms with Gasteiger partial charge in [0.25, 0.3) is 0 Å². The molecule has 0 aromatic heterocycles. The molecule has 0 bridgehead atoms. The maximum atomic E-state index is 5.78. The van der Waals surface area contributed by atoms with Gasteiger partial charge in [-0.2, -0.15) is 0 Å². The van der Waals surface area contributed by atoms with Crippen LogP contribution in [0.15, 0.2) is 30.3 Å². The Morgan fingerprint density at radius 3 is 1.59 bits per heavy atom. The molecule has 1 saturated heterocycles. The second kappa shape index (κ2) is 16.0. The van der Waals surface area contributed by atoms with E-state index in [-0.39, 0.29) is 0 Å². The standard InChI is InChI=1S/C25H42O3S/c1-2-3-4-5-6-7-8-9-10-11-12-13-14-15-16-20-23-26-25(28-29-25)27-24-21-18-17-19-22-24/h17-19,21-22H,2-16,20,23H2,1H3. The van der Waals surface area contributed by atoms with E-state index < -0.39 is 5.31 Å². The van der Waals surface area contributed by atoms with E-state index in [0.717, 1.165) is 12.2 Å². The lowest BCUT2D eigenvalue weighted by Gasteiger charge is -2.12. The van der Waals surface area contributed by atoms with Gasteiger partial charge in [0.2, 0.25) is 0 Å². The van der Waals surface area contributed by atoms with Gasteiger partial charge in [-0.15, -0.1) is 0 Å². The van der Waals surface area contributed by atoms with Crippen LogP contribution in [-0.4, -0.2) is 11.9 Å². The monoisotopic (exact) mass is 422 g/mol. The van der Waals surface area contributed by atoms with Crippen LogP contribution in [0.4, 0.5) is 0 Å². The summed E-state index contributed by atoms with van der Waals surface area (Å²) in [5, 5.41) is -0.892. The highest BCUT2D eigenvalue weighted by atomic mass is 32.2. The summed E-state index contributed by atoms with van der Waals surface area (Å²) < 4.78 is 16.8. The molecule has 1 aromatic carbocycles. The van der Waals surface area contributed by atoms with Crippen LogP contribution in [-0.2, 0) is 8.92 Å². The quantitative estimate of drug-likeness (QED) is 0.0910. The van der Waals surface area contributed by atoms with Crippen molar-refractivity contribution in [2.24, 2.45) is 0 Å². The lowest BCUT2D eigenvalue weighted by atomic mass is 10.0. The molecule has 1 heterocycles. The van der Waals surface area contributed by atoms with Crippen molar-refractivity contribution in [2.45, 2.75) is 115 Å². The SMILES string of the molecule is CCCCCCCCCCCCCCCCCCOC1(Oc2ccccc2)OS1. The Morgan fingerprint density at radius 1 is 0.690 bits per heavy atom. The third-order valence-electron chi connectivity index (χ3n) is 5.48. The Kier molecular flexibility index (Phi) is 13.6. The van der Waals surface area contributed by atoms with Crippen LogP contribution < -0.4 is 4.74 Å². The van der Waals surface area contributed by atoms with Gasteiger partial charge in [0, 0.05) is 0 Å². The molecule has 29 heavy (non-hydrogen) atoms.